The number of rotatable bonds is 8. The highest BCUT2D eigenvalue weighted by Gasteiger charge is 2.18. The molecule has 0 atom stereocenters. The third-order valence-electron chi connectivity index (χ3n) is 5.15. The number of benzene rings is 3. The Morgan fingerprint density at radius 1 is 0.767 bits per heavy atom. The summed E-state index contributed by atoms with van der Waals surface area (Å²) in [6, 6.07) is 26.8. The zero-order valence-corrected chi connectivity index (χ0v) is 17.3. The molecule has 1 heterocycles. The van der Waals surface area contributed by atoms with Crippen molar-refractivity contribution in [2.75, 3.05) is 20.8 Å². The Morgan fingerprint density at radius 2 is 1.47 bits per heavy atom. The molecule has 0 aliphatic carbocycles. The Labute approximate surface area is 176 Å². The molecular weight excluding hydrogens is 374 g/mol. The highest BCUT2D eigenvalue weighted by Crippen LogP contribution is 2.30. The molecule has 152 valence electrons. The van der Waals surface area contributed by atoms with Crippen molar-refractivity contribution in [3.8, 4) is 28.3 Å². The van der Waals surface area contributed by atoms with Gasteiger partial charge < -0.3 is 14.0 Å². The van der Waals surface area contributed by atoms with E-state index in [1.807, 2.05) is 30.3 Å². The third-order valence-corrected chi connectivity index (χ3v) is 5.15. The molecule has 0 fully saturated rings. The fourth-order valence-corrected chi connectivity index (χ4v) is 3.66. The Morgan fingerprint density at radius 3 is 2.23 bits per heavy atom. The van der Waals surface area contributed by atoms with Gasteiger partial charge in [0.25, 0.3) is 0 Å². The van der Waals surface area contributed by atoms with Crippen LogP contribution in [0.5, 0.6) is 5.75 Å². The van der Waals surface area contributed by atoms with Gasteiger partial charge in [0.15, 0.2) is 5.82 Å². The van der Waals surface area contributed by atoms with Crippen LogP contribution in [0, 0.1) is 0 Å². The minimum absolute atomic E-state index is 0.577. The van der Waals surface area contributed by atoms with Crippen molar-refractivity contribution in [1.82, 2.24) is 14.8 Å². The fraction of sp³-hybridized carbons (Fsp3) is 0.200. The molecule has 4 rings (SSSR count). The maximum atomic E-state index is 5.55. The molecule has 0 N–H and O–H groups in total. The van der Waals surface area contributed by atoms with Crippen molar-refractivity contribution in [1.29, 1.82) is 0 Å². The molecule has 4 aromatic rings. The summed E-state index contributed by atoms with van der Waals surface area (Å²) in [4.78, 5) is 0. The first-order valence-electron chi connectivity index (χ1n) is 9.99. The van der Waals surface area contributed by atoms with Crippen LogP contribution in [0.15, 0.2) is 78.9 Å². The summed E-state index contributed by atoms with van der Waals surface area (Å²) in [5, 5.41) is 9.08. The summed E-state index contributed by atoms with van der Waals surface area (Å²) in [7, 11) is 3.38. The lowest BCUT2D eigenvalue weighted by atomic mass is 9.97. The summed E-state index contributed by atoms with van der Waals surface area (Å²) in [5.74, 6) is 2.47. The number of hydrogen-bond donors (Lipinski definition) is 0. The van der Waals surface area contributed by atoms with Gasteiger partial charge in [0.1, 0.15) is 11.6 Å². The molecule has 1 aromatic heterocycles. The Hall–Kier alpha value is -3.44. The van der Waals surface area contributed by atoms with E-state index in [4.69, 9.17) is 9.47 Å². The predicted molar refractivity (Wildman–Crippen MR) is 119 cm³/mol. The van der Waals surface area contributed by atoms with Crippen LogP contribution in [0.2, 0.25) is 0 Å². The molecule has 0 saturated carbocycles. The van der Waals surface area contributed by atoms with Gasteiger partial charge in [0.2, 0.25) is 0 Å². The van der Waals surface area contributed by atoms with Crippen LogP contribution in [0.25, 0.3) is 22.5 Å². The van der Waals surface area contributed by atoms with E-state index in [2.05, 4.69) is 63.3 Å². The number of aromatic nitrogens is 3. The molecule has 0 saturated heterocycles. The zero-order chi connectivity index (χ0) is 20.8. The molecular formula is C25H25N3O2. The second-order valence-corrected chi connectivity index (χ2v) is 6.98. The number of methoxy groups -OCH3 is 2. The summed E-state index contributed by atoms with van der Waals surface area (Å²) in [6.07, 6.45) is 0.678. The molecule has 3 aromatic carbocycles. The predicted octanol–water partition coefficient (Wildman–Crippen LogP) is 4.86. The first-order chi connectivity index (χ1) is 14.8. The Balaban J connectivity index is 1.75. The summed E-state index contributed by atoms with van der Waals surface area (Å²) >= 11 is 0. The topological polar surface area (TPSA) is 49.2 Å². The van der Waals surface area contributed by atoms with E-state index >= 15 is 0 Å². The molecule has 0 spiro atoms. The Kier molecular flexibility index (Phi) is 6.20. The molecule has 0 unspecified atom stereocenters. The SMILES string of the molecule is COCCn1c(Cc2ccccc2-c2ccccc2)nnc1-c1ccccc1OC. The van der Waals surface area contributed by atoms with E-state index < -0.39 is 0 Å². The van der Waals surface area contributed by atoms with Crippen molar-refractivity contribution in [2.45, 2.75) is 13.0 Å². The van der Waals surface area contributed by atoms with Gasteiger partial charge in [-0.2, -0.15) is 0 Å². The number of nitrogens with zero attached hydrogens (tertiary/aromatic N) is 3. The van der Waals surface area contributed by atoms with Gasteiger partial charge in [-0.1, -0.05) is 66.7 Å². The van der Waals surface area contributed by atoms with E-state index in [0.717, 1.165) is 23.0 Å². The Bertz CT molecular complexity index is 1110. The van der Waals surface area contributed by atoms with Crippen molar-refractivity contribution < 1.29 is 9.47 Å². The average Bonchev–Trinajstić information content (AvgIpc) is 3.20. The molecule has 0 aliphatic rings. The van der Waals surface area contributed by atoms with Crippen molar-refractivity contribution in [3.63, 3.8) is 0 Å². The quantitative estimate of drug-likeness (QED) is 0.425. The molecule has 5 heteroatoms. The summed E-state index contributed by atoms with van der Waals surface area (Å²) < 4.78 is 13.0. The minimum Gasteiger partial charge on any atom is -0.496 e. The first kappa shape index (κ1) is 19.9. The second kappa shape index (κ2) is 9.37. The van der Waals surface area contributed by atoms with Crippen LogP contribution in [0.3, 0.4) is 0 Å². The van der Waals surface area contributed by atoms with E-state index in [1.165, 1.54) is 16.7 Å². The maximum Gasteiger partial charge on any atom is 0.167 e. The molecule has 5 nitrogen and oxygen atoms in total. The van der Waals surface area contributed by atoms with E-state index in [-0.39, 0.29) is 0 Å². The molecule has 0 aliphatic heterocycles. The largest absolute Gasteiger partial charge is 0.496 e. The average molecular weight is 399 g/mol. The van der Waals surface area contributed by atoms with E-state index in [9.17, 15) is 0 Å². The number of hydrogen-bond acceptors (Lipinski definition) is 4. The summed E-state index contributed by atoms with van der Waals surface area (Å²) in [5.41, 5.74) is 4.53. The van der Waals surface area contributed by atoms with Gasteiger partial charge in [-0.05, 0) is 28.8 Å². The van der Waals surface area contributed by atoms with Crippen LogP contribution >= 0.6 is 0 Å². The van der Waals surface area contributed by atoms with Crippen LogP contribution in [0.1, 0.15) is 11.4 Å². The second-order valence-electron chi connectivity index (χ2n) is 6.98. The van der Waals surface area contributed by atoms with Crippen molar-refractivity contribution >= 4 is 0 Å². The smallest absolute Gasteiger partial charge is 0.167 e. The van der Waals surface area contributed by atoms with Crippen molar-refractivity contribution in [2.24, 2.45) is 0 Å². The fourth-order valence-electron chi connectivity index (χ4n) is 3.66. The molecule has 0 amide bonds. The molecule has 30 heavy (non-hydrogen) atoms. The minimum atomic E-state index is 0.577. The van der Waals surface area contributed by atoms with Crippen molar-refractivity contribution in [3.05, 3.63) is 90.3 Å². The van der Waals surface area contributed by atoms with Crippen LogP contribution in [-0.2, 0) is 17.7 Å². The number of para-hydroxylation sites is 1. The standard InChI is InChI=1S/C25H25N3O2/c1-29-17-16-28-24(26-27-25(28)22-14-8-9-15-23(22)30-2)18-20-12-6-7-13-21(20)19-10-4-3-5-11-19/h3-15H,16-18H2,1-2H3. The van der Waals surface area contributed by atoms with Gasteiger partial charge >= 0.3 is 0 Å². The normalized spacial score (nSPS) is 10.9. The van der Waals surface area contributed by atoms with E-state index in [1.54, 1.807) is 14.2 Å². The van der Waals surface area contributed by atoms with Crippen LogP contribution in [0.4, 0.5) is 0 Å². The zero-order valence-electron chi connectivity index (χ0n) is 17.3. The van der Waals surface area contributed by atoms with E-state index in [0.29, 0.717) is 19.6 Å². The van der Waals surface area contributed by atoms with Gasteiger partial charge in [0, 0.05) is 20.1 Å². The van der Waals surface area contributed by atoms with Gasteiger partial charge in [-0.25, -0.2) is 0 Å². The third kappa shape index (κ3) is 4.11. The van der Waals surface area contributed by atoms with Gasteiger partial charge in [0.05, 0.1) is 19.3 Å². The molecule has 0 bridgehead atoms. The highest BCUT2D eigenvalue weighted by molar-refractivity contribution is 5.68. The lowest BCUT2D eigenvalue weighted by molar-refractivity contribution is 0.186. The lowest BCUT2D eigenvalue weighted by Gasteiger charge is -2.14. The monoisotopic (exact) mass is 399 g/mol. The summed E-state index contributed by atoms with van der Waals surface area (Å²) in [6.45, 7) is 1.24. The first-order valence-corrected chi connectivity index (χ1v) is 9.99. The van der Waals surface area contributed by atoms with Crippen LogP contribution in [-0.4, -0.2) is 35.6 Å². The maximum absolute atomic E-state index is 5.55. The van der Waals surface area contributed by atoms with Gasteiger partial charge in [-0.3, -0.25) is 0 Å². The lowest BCUT2D eigenvalue weighted by Crippen LogP contribution is -2.11. The highest BCUT2D eigenvalue weighted by atomic mass is 16.5. The molecule has 0 radical (unpaired) electrons. The van der Waals surface area contributed by atoms with Crippen LogP contribution < -0.4 is 4.74 Å². The van der Waals surface area contributed by atoms with Gasteiger partial charge in [-0.15, -0.1) is 10.2 Å². The number of ether oxygens (including phenoxy) is 2.